The third kappa shape index (κ3) is 1.90. The van der Waals surface area contributed by atoms with Crippen molar-refractivity contribution >= 4 is 16.9 Å². The van der Waals surface area contributed by atoms with Gasteiger partial charge in [-0.3, -0.25) is 9.69 Å². The van der Waals surface area contributed by atoms with E-state index in [-0.39, 0.29) is 12.0 Å². The van der Waals surface area contributed by atoms with Gasteiger partial charge in [0.1, 0.15) is 5.41 Å². The molecule has 1 aliphatic carbocycles. The molecule has 2 fully saturated rings. The summed E-state index contributed by atoms with van der Waals surface area (Å²) in [5.74, 6) is 0.726. The summed E-state index contributed by atoms with van der Waals surface area (Å²) in [4.78, 5) is 19.5. The Bertz CT molecular complexity index is 860. The number of aromatic nitrogens is 1. The Kier molecular flexibility index (Phi) is 3.66. The summed E-state index contributed by atoms with van der Waals surface area (Å²) in [6.45, 7) is 2.76. The molecule has 138 valence electrons. The average molecular weight is 354 g/mol. The van der Waals surface area contributed by atoms with Crippen LogP contribution in [-0.2, 0) is 26.1 Å². The highest BCUT2D eigenvalue weighted by atomic mass is 16.5. The number of benzene rings is 1. The van der Waals surface area contributed by atoms with Crippen LogP contribution in [0.15, 0.2) is 24.3 Å². The minimum Gasteiger partial charge on any atom is -0.468 e. The monoisotopic (exact) mass is 354 g/mol. The molecule has 1 aromatic carbocycles. The zero-order valence-corrected chi connectivity index (χ0v) is 15.5. The molecule has 0 radical (unpaired) electrons. The topological polar surface area (TPSA) is 54.6 Å². The van der Waals surface area contributed by atoms with Crippen LogP contribution >= 0.6 is 0 Å². The first-order valence-electron chi connectivity index (χ1n) is 9.63. The number of hydrogen-bond acceptors (Lipinski definition) is 4. The van der Waals surface area contributed by atoms with Crippen molar-refractivity contribution in [3.63, 3.8) is 0 Å². The fourth-order valence-electron chi connectivity index (χ4n) is 6.25. The van der Waals surface area contributed by atoms with E-state index >= 15 is 0 Å². The van der Waals surface area contributed by atoms with Crippen molar-refractivity contribution in [1.29, 1.82) is 0 Å². The highest BCUT2D eigenvalue weighted by Gasteiger charge is 2.69. The molecule has 3 aliphatic rings. The quantitative estimate of drug-likeness (QED) is 0.857. The van der Waals surface area contributed by atoms with E-state index in [9.17, 15) is 4.79 Å². The summed E-state index contributed by atoms with van der Waals surface area (Å²) in [5, 5.41) is 1.26. The van der Waals surface area contributed by atoms with Crippen LogP contribution in [0.25, 0.3) is 10.9 Å². The van der Waals surface area contributed by atoms with Crippen molar-refractivity contribution in [2.24, 2.45) is 11.8 Å². The second kappa shape index (κ2) is 5.83. The van der Waals surface area contributed by atoms with Gasteiger partial charge in [-0.15, -0.1) is 0 Å². The highest BCUT2D eigenvalue weighted by Crippen LogP contribution is 2.59. The second-order valence-electron chi connectivity index (χ2n) is 8.05. The van der Waals surface area contributed by atoms with E-state index in [1.54, 1.807) is 7.11 Å². The van der Waals surface area contributed by atoms with Gasteiger partial charge in [0.25, 0.3) is 0 Å². The molecule has 1 aromatic heterocycles. The van der Waals surface area contributed by atoms with Crippen molar-refractivity contribution in [1.82, 2.24) is 9.88 Å². The number of hydrogen-bond donors (Lipinski definition) is 1. The molecule has 5 heteroatoms. The molecule has 0 spiro atoms. The lowest BCUT2D eigenvalue weighted by molar-refractivity contribution is -0.149. The smallest absolute Gasteiger partial charge is 0.319 e. The van der Waals surface area contributed by atoms with Crippen LogP contribution in [0.1, 0.15) is 24.1 Å². The number of H-pyrrole nitrogens is 1. The molecule has 3 heterocycles. The number of aromatic amines is 1. The van der Waals surface area contributed by atoms with Gasteiger partial charge in [-0.2, -0.15) is 0 Å². The van der Waals surface area contributed by atoms with E-state index in [4.69, 9.17) is 9.47 Å². The summed E-state index contributed by atoms with van der Waals surface area (Å²) in [5.41, 5.74) is 3.02. The third-order valence-corrected chi connectivity index (χ3v) is 7.08. The zero-order chi connectivity index (χ0) is 17.9. The Labute approximate surface area is 153 Å². The van der Waals surface area contributed by atoms with Gasteiger partial charge in [-0.1, -0.05) is 18.2 Å². The van der Waals surface area contributed by atoms with Gasteiger partial charge in [-0.25, -0.2) is 0 Å². The Morgan fingerprint density at radius 1 is 1.35 bits per heavy atom. The summed E-state index contributed by atoms with van der Waals surface area (Å²) in [6, 6.07) is 8.64. The number of carbonyl (C=O) groups is 1. The number of para-hydroxylation sites is 1. The average Bonchev–Trinajstić information content (AvgIpc) is 3.25. The van der Waals surface area contributed by atoms with Crippen LogP contribution in [0.3, 0.4) is 0 Å². The minimum absolute atomic E-state index is 0.0652. The summed E-state index contributed by atoms with van der Waals surface area (Å²) < 4.78 is 10.8. The van der Waals surface area contributed by atoms with Crippen molar-refractivity contribution in [2.45, 2.75) is 30.7 Å². The van der Waals surface area contributed by atoms with Gasteiger partial charge in [-0.05, 0) is 42.7 Å². The van der Waals surface area contributed by atoms with Gasteiger partial charge < -0.3 is 14.5 Å². The molecule has 2 aromatic rings. The van der Waals surface area contributed by atoms with Crippen LogP contribution in [0, 0.1) is 11.8 Å². The molecule has 1 saturated carbocycles. The van der Waals surface area contributed by atoms with Crippen LogP contribution < -0.4 is 0 Å². The van der Waals surface area contributed by atoms with Crippen molar-refractivity contribution in [2.75, 3.05) is 33.9 Å². The number of nitrogens with zero attached hydrogens (tertiary/aromatic N) is 1. The number of ether oxygens (including phenoxy) is 2. The molecule has 4 bridgehead atoms. The molecular weight excluding hydrogens is 328 g/mol. The van der Waals surface area contributed by atoms with Gasteiger partial charge in [0.05, 0.1) is 7.11 Å². The molecular formula is C21H26N2O3. The first-order valence-corrected chi connectivity index (χ1v) is 9.63. The van der Waals surface area contributed by atoms with Gasteiger partial charge >= 0.3 is 5.97 Å². The number of rotatable bonds is 4. The summed E-state index contributed by atoms with van der Waals surface area (Å²) >= 11 is 0. The molecule has 2 aliphatic heterocycles. The molecule has 1 N–H and O–H groups in total. The maximum absolute atomic E-state index is 13.3. The molecule has 5 nitrogen and oxygen atoms in total. The summed E-state index contributed by atoms with van der Waals surface area (Å²) in [6.07, 6.45) is 3.06. The normalized spacial score (nSPS) is 34.7. The van der Waals surface area contributed by atoms with E-state index < -0.39 is 5.41 Å². The predicted octanol–water partition coefficient (Wildman–Crippen LogP) is 2.49. The van der Waals surface area contributed by atoms with E-state index in [1.165, 1.54) is 18.1 Å². The lowest BCUT2D eigenvalue weighted by atomic mass is 9.73. The first kappa shape index (κ1) is 16.3. The van der Waals surface area contributed by atoms with Gasteiger partial charge in [0, 0.05) is 49.4 Å². The number of piperidine rings is 1. The lowest BCUT2D eigenvalue weighted by Gasteiger charge is -2.35. The zero-order valence-electron chi connectivity index (χ0n) is 15.5. The summed E-state index contributed by atoms with van der Waals surface area (Å²) in [7, 11) is 3.29. The fourth-order valence-corrected chi connectivity index (χ4v) is 6.25. The van der Waals surface area contributed by atoms with Crippen molar-refractivity contribution < 1.29 is 14.3 Å². The van der Waals surface area contributed by atoms with E-state index in [0.717, 1.165) is 50.2 Å². The van der Waals surface area contributed by atoms with E-state index in [2.05, 4.69) is 34.1 Å². The number of esters is 1. The van der Waals surface area contributed by atoms with E-state index in [1.807, 2.05) is 0 Å². The fraction of sp³-hybridized carbons (Fsp3) is 0.571. The van der Waals surface area contributed by atoms with Crippen molar-refractivity contribution in [3.05, 3.63) is 35.5 Å². The standard InChI is InChI=1S/C21H26N2O3/c1-25-10-8-13-11-14-12-23-9-7-16-15-5-3-4-6-17(15)22-18(16)21(14,19(13)23)20(24)26-2/h3-6,13-14,19,22H,7-12H2,1-2H3/t13?,14-,19?,21-/m1/s1. The maximum Gasteiger partial charge on any atom is 0.319 e. The Morgan fingerprint density at radius 3 is 3.00 bits per heavy atom. The van der Waals surface area contributed by atoms with Crippen LogP contribution in [0.4, 0.5) is 0 Å². The highest BCUT2D eigenvalue weighted by molar-refractivity contribution is 5.92. The third-order valence-electron chi connectivity index (χ3n) is 7.08. The molecule has 1 saturated heterocycles. The van der Waals surface area contributed by atoms with E-state index in [0.29, 0.717) is 11.8 Å². The SMILES string of the molecule is COCCC1C[C@@H]2CN3CCc4c([nH]c5ccccc45)[C@@]2(C(=O)OC)C13. The molecule has 0 amide bonds. The Balaban J connectivity index is 1.73. The van der Waals surface area contributed by atoms with Crippen LogP contribution in [-0.4, -0.2) is 55.8 Å². The molecule has 3 unspecified atom stereocenters. The molecule has 5 atom stereocenters. The Hall–Kier alpha value is -1.85. The maximum atomic E-state index is 13.3. The minimum atomic E-state index is -0.558. The number of methoxy groups -OCH3 is 2. The number of fused-ring (bicyclic) bond motifs is 3. The second-order valence-corrected chi connectivity index (χ2v) is 8.05. The molecule has 5 rings (SSSR count). The predicted molar refractivity (Wildman–Crippen MR) is 99.1 cm³/mol. The largest absolute Gasteiger partial charge is 0.468 e. The number of nitrogens with one attached hydrogen (secondary N) is 1. The van der Waals surface area contributed by atoms with Crippen LogP contribution in [0.5, 0.6) is 0 Å². The molecule has 26 heavy (non-hydrogen) atoms. The number of carbonyl (C=O) groups excluding carboxylic acids is 1. The van der Waals surface area contributed by atoms with Crippen molar-refractivity contribution in [3.8, 4) is 0 Å². The van der Waals surface area contributed by atoms with Gasteiger partial charge in [0.2, 0.25) is 0 Å². The first-order chi connectivity index (χ1) is 12.7. The lowest BCUT2D eigenvalue weighted by Crippen LogP contribution is -2.49. The van der Waals surface area contributed by atoms with Gasteiger partial charge in [0.15, 0.2) is 0 Å². The van der Waals surface area contributed by atoms with Crippen LogP contribution in [0.2, 0.25) is 0 Å². The Morgan fingerprint density at radius 2 is 2.19 bits per heavy atom.